The molecule has 0 aromatic rings. The smallest absolute Gasteiger partial charge is 0.411 e. The van der Waals surface area contributed by atoms with Crippen LogP contribution >= 0.6 is 0 Å². The summed E-state index contributed by atoms with van der Waals surface area (Å²) in [5.41, 5.74) is -1.89. The maximum absolute atomic E-state index is 12.4. The fraction of sp³-hybridized carbons (Fsp3) is 0.786. The molecule has 0 radical (unpaired) electrons. The van der Waals surface area contributed by atoms with E-state index in [0.29, 0.717) is 13.0 Å². The van der Waals surface area contributed by atoms with Gasteiger partial charge in [-0.2, -0.15) is 0 Å². The summed E-state index contributed by atoms with van der Waals surface area (Å²) in [5, 5.41) is 9.28. The van der Waals surface area contributed by atoms with E-state index in [9.17, 15) is 19.5 Å². The second kappa shape index (κ2) is 4.61. The van der Waals surface area contributed by atoms with Gasteiger partial charge in [0.15, 0.2) is 0 Å². The third-order valence-corrected chi connectivity index (χ3v) is 3.92. The Bertz CT molecular complexity index is 494. The minimum absolute atomic E-state index is 0.263. The molecule has 2 bridgehead atoms. The molecule has 2 heterocycles. The number of carbonyl (C=O) groups is 3. The predicted molar refractivity (Wildman–Crippen MR) is 73.7 cm³/mol. The van der Waals surface area contributed by atoms with Crippen molar-refractivity contribution in [3.8, 4) is 0 Å². The number of fused-ring (bicyclic) bond motifs is 2. The van der Waals surface area contributed by atoms with Gasteiger partial charge in [0.1, 0.15) is 17.2 Å². The van der Waals surface area contributed by atoms with Gasteiger partial charge in [-0.1, -0.05) is 0 Å². The average Bonchev–Trinajstić information content (AvgIpc) is 2.83. The summed E-state index contributed by atoms with van der Waals surface area (Å²) in [5.74, 6) is -1.36. The van der Waals surface area contributed by atoms with Crippen LogP contribution in [0.2, 0.25) is 0 Å². The number of amides is 2. The molecule has 2 aliphatic rings. The lowest BCUT2D eigenvalue weighted by molar-refractivity contribution is -0.160. The number of likely N-dealkylation sites (tertiary alicyclic amines) is 2. The van der Waals surface area contributed by atoms with Gasteiger partial charge in [-0.3, -0.25) is 9.69 Å². The maximum atomic E-state index is 12.4. The van der Waals surface area contributed by atoms with Gasteiger partial charge in [0.2, 0.25) is 5.91 Å². The van der Waals surface area contributed by atoms with E-state index in [-0.39, 0.29) is 11.9 Å². The lowest BCUT2D eigenvalue weighted by Gasteiger charge is -2.41. The number of hydrogen-bond donors (Lipinski definition) is 1. The number of aliphatic carboxylic acids is 1. The Labute approximate surface area is 123 Å². The van der Waals surface area contributed by atoms with E-state index in [1.54, 1.807) is 20.8 Å². The Kier molecular flexibility index (Phi) is 3.42. The van der Waals surface area contributed by atoms with Gasteiger partial charge in [-0.15, -0.1) is 0 Å². The fourth-order valence-electron chi connectivity index (χ4n) is 2.93. The Morgan fingerprint density at radius 2 is 1.81 bits per heavy atom. The monoisotopic (exact) mass is 298 g/mol. The SMILES string of the molecule is CC(C)(C)OC(=O)N1CC2CC1C(=O)N2C(C)(C)C(=O)O. The van der Waals surface area contributed by atoms with Crippen LogP contribution in [-0.2, 0) is 14.3 Å². The Balaban J connectivity index is 2.14. The molecule has 7 heteroatoms. The number of nitrogens with zero attached hydrogens (tertiary/aromatic N) is 2. The summed E-state index contributed by atoms with van der Waals surface area (Å²) < 4.78 is 5.29. The Hall–Kier alpha value is -1.79. The molecule has 7 nitrogen and oxygen atoms in total. The predicted octanol–water partition coefficient (Wildman–Crippen LogP) is 1.07. The first kappa shape index (κ1) is 15.6. The van der Waals surface area contributed by atoms with E-state index >= 15 is 0 Å². The van der Waals surface area contributed by atoms with E-state index in [0.717, 1.165) is 0 Å². The van der Waals surface area contributed by atoms with E-state index in [4.69, 9.17) is 4.74 Å². The number of ether oxygens (including phenoxy) is 1. The normalized spacial score (nSPS) is 25.5. The minimum Gasteiger partial charge on any atom is -0.480 e. The molecular formula is C14H22N2O5. The van der Waals surface area contributed by atoms with Crippen molar-refractivity contribution >= 4 is 18.0 Å². The highest BCUT2D eigenvalue weighted by molar-refractivity contribution is 5.94. The van der Waals surface area contributed by atoms with Gasteiger partial charge in [0.25, 0.3) is 0 Å². The molecule has 0 aromatic carbocycles. The molecule has 2 rings (SSSR count). The Morgan fingerprint density at radius 3 is 2.24 bits per heavy atom. The van der Waals surface area contributed by atoms with Gasteiger partial charge in [0, 0.05) is 6.54 Å². The lowest BCUT2D eigenvalue weighted by atomic mass is 10.0. The van der Waals surface area contributed by atoms with Crippen LogP contribution < -0.4 is 0 Å². The van der Waals surface area contributed by atoms with Crippen molar-refractivity contribution in [2.75, 3.05) is 6.54 Å². The molecule has 2 amide bonds. The molecule has 21 heavy (non-hydrogen) atoms. The average molecular weight is 298 g/mol. The summed E-state index contributed by atoms with van der Waals surface area (Å²) in [7, 11) is 0. The third-order valence-electron chi connectivity index (χ3n) is 3.92. The molecule has 0 aromatic heterocycles. The highest BCUT2D eigenvalue weighted by Crippen LogP contribution is 2.37. The lowest BCUT2D eigenvalue weighted by Crippen LogP contribution is -2.61. The zero-order chi connectivity index (χ0) is 16.2. The number of hydrogen-bond acceptors (Lipinski definition) is 4. The van der Waals surface area contributed by atoms with Crippen LogP contribution in [0.4, 0.5) is 4.79 Å². The van der Waals surface area contributed by atoms with Crippen LogP contribution in [0.5, 0.6) is 0 Å². The summed E-state index contributed by atoms with van der Waals surface area (Å²) in [6, 6.07) is -0.871. The topological polar surface area (TPSA) is 87.2 Å². The molecule has 2 unspecified atom stereocenters. The minimum atomic E-state index is -1.27. The quantitative estimate of drug-likeness (QED) is 0.824. The second-order valence-corrected chi connectivity index (χ2v) is 7.11. The second-order valence-electron chi connectivity index (χ2n) is 7.11. The van der Waals surface area contributed by atoms with Gasteiger partial charge < -0.3 is 14.7 Å². The zero-order valence-corrected chi connectivity index (χ0v) is 13.0. The highest BCUT2D eigenvalue weighted by Gasteiger charge is 2.57. The van der Waals surface area contributed by atoms with E-state index in [2.05, 4.69) is 0 Å². The van der Waals surface area contributed by atoms with Crippen LogP contribution in [0.25, 0.3) is 0 Å². The van der Waals surface area contributed by atoms with Crippen molar-refractivity contribution in [2.24, 2.45) is 0 Å². The van der Waals surface area contributed by atoms with Crippen molar-refractivity contribution < 1.29 is 24.2 Å². The zero-order valence-electron chi connectivity index (χ0n) is 13.0. The van der Waals surface area contributed by atoms with Gasteiger partial charge in [-0.05, 0) is 41.0 Å². The van der Waals surface area contributed by atoms with Crippen LogP contribution in [0.1, 0.15) is 41.0 Å². The van der Waals surface area contributed by atoms with Crippen molar-refractivity contribution in [1.29, 1.82) is 0 Å². The molecule has 2 fully saturated rings. The first-order valence-corrected chi connectivity index (χ1v) is 7.01. The molecule has 1 N–H and O–H groups in total. The molecular weight excluding hydrogens is 276 g/mol. The standard InChI is InChI=1S/C14H22N2O5/c1-13(2,3)21-12(20)15-7-8-6-9(15)10(17)16(8)14(4,5)11(18)19/h8-9H,6-7H2,1-5H3,(H,18,19). The first-order valence-electron chi connectivity index (χ1n) is 7.01. The van der Waals surface area contributed by atoms with Crippen molar-refractivity contribution in [1.82, 2.24) is 9.80 Å². The number of piperazine rings is 1. The Morgan fingerprint density at radius 1 is 1.24 bits per heavy atom. The van der Waals surface area contributed by atoms with Gasteiger partial charge in [0.05, 0.1) is 6.04 Å². The van der Waals surface area contributed by atoms with Gasteiger partial charge in [-0.25, -0.2) is 9.59 Å². The highest BCUT2D eigenvalue weighted by atomic mass is 16.6. The number of rotatable bonds is 2. The summed E-state index contributed by atoms with van der Waals surface area (Å²) in [6.45, 7) is 8.63. The van der Waals surface area contributed by atoms with Crippen molar-refractivity contribution in [3.63, 3.8) is 0 Å². The molecule has 0 spiro atoms. The van der Waals surface area contributed by atoms with Crippen LogP contribution in [0.15, 0.2) is 0 Å². The van der Waals surface area contributed by atoms with E-state index in [1.807, 2.05) is 0 Å². The molecule has 118 valence electrons. The molecule has 2 atom stereocenters. The molecule has 0 aliphatic carbocycles. The van der Waals surface area contributed by atoms with Crippen molar-refractivity contribution in [2.45, 2.75) is 64.3 Å². The van der Waals surface area contributed by atoms with Crippen LogP contribution in [0, 0.1) is 0 Å². The van der Waals surface area contributed by atoms with Crippen LogP contribution in [-0.4, -0.2) is 62.6 Å². The number of carbonyl (C=O) groups excluding carboxylic acids is 2. The van der Waals surface area contributed by atoms with Gasteiger partial charge >= 0.3 is 12.1 Å². The number of carboxylic acids is 1. The van der Waals surface area contributed by atoms with E-state index in [1.165, 1.54) is 23.6 Å². The first-order chi connectivity index (χ1) is 9.45. The molecule has 0 saturated carbocycles. The van der Waals surface area contributed by atoms with Crippen LogP contribution in [0.3, 0.4) is 0 Å². The van der Waals surface area contributed by atoms with E-state index < -0.39 is 29.2 Å². The molecule has 2 aliphatic heterocycles. The summed E-state index contributed by atoms with van der Waals surface area (Å²) in [6.07, 6.45) is -0.0504. The molecule has 2 saturated heterocycles. The maximum Gasteiger partial charge on any atom is 0.411 e. The summed E-state index contributed by atoms with van der Waals surface area (Å²) in [4.78, 5) is 38.6. The fourth-order valence-corrected chi connectivity index (χ4v) is 2.93. The number of carboxylic acid groups (broad SMARTS) is 1. The van der Waals surface area contributed by atoms with Crippen molar-refractivity contribution in [3.05, 3.63) is 0 Å². The third kappa shape index (κ3) is 2.56. The largest absolute Gasteiger partial charge is 0.480 e. The summed E-state index contributed by atoms with van der Waals surface area (Å²) >= 11 is 0.